The molecule has 0 N–H and O–H groups in total. The summed E-state index contributed by atoms with van der Waals surface area (Å²) in [5.74, 6) is -0.0501. The summed E-state index contributed by atoms with van der Waals surface area (Å²) in [6.07, 6.45) is 34.0. The lowest BCUT2D eigenvalue weighted by Crippen LogP contribution is -2.10. The lowest BCUT2D eigenvalue weighted by Gasteiger charge is -2.07. The van der Waals surface area contributed by atoms with Crippen LogP contribution < -0.4 is 0 Å². The van der Waals surface area contributed by atoms with Crippen molar-refractivity contribution in [1.29, 1.82) is 0 Å². The van der Waals surface area contributed by atoms with Crippen LogP contribution in [0.5, 0.6) is 0 Å². The molecule has 0 aliphatic heterocycles. The molecule has 40 heavy (non-hydrogen) atoms. The molecule has 0 atom stereocenters. The molecular weight excluding hydrogens is 496 g/mol. The molecule has 0 spiro atoms. The number of ether oxygens (including phenoxy) is 2. The molecule has 4 heteroatoms. The molecule has 0 radical (unpaired) electrons. The topological polar surface area (TPSA) is 52.6 Å². The second-order valence-electron chi connectivity index (χ2n) is 12.0. The van der Waals surface area contributed by atoms with Gasteiger partial charge in [-0.2, -0.15) is 0 Å². The van der Waals surface area contributed by atoms with Gasteiger partial charge in [0.1, 0.15) is 0 Å². The number of carbonyl (C=O) groups is 2. The van der Waals surface area contributed by atoms with E-state index in [0.29, 0.717) is 19.4 Å². The van der Waals surface area contributed by atoms with Gasteiger partial charge >= 0.3 is 11.9 Å². The zero-order chi connectivity index (χ0) is 29.9. The van der Waals surface area contributed by atoms with E-state index in [1.54, 1.807) is 0 Å². The lowest BCUT2D eigenvalue weighted by molar-refractivity contribution is -0.147. The number of hydrogen-bond acceptors (Lipinski definition) is 4. The van der Waals surface area contributed by atoms with E-state index in [1.165, 1.54) is 141 Å². The summed E-state index contributed by atoms with van der Waals surface area (Å²) in [5.41, 5.74) is 0. The van der Waals surface area contributed by atoms with Crippen molar-refractivity contribution in [3.63, 3.8) is 0 Å². The van der Waals surface area contributed by atoms with Crippen molar-refractivity contribution in [2.75, 3.05) is 6.61 Å². The minimum Gasteiger partial charge on any atom is -0.466 e. The van der Waals surface area contributed by atoms with E-state index in [-0.39, 0.29) is 18.0 Å². The maximum absolute atomic E-state index is 11.3. The fourth-order valence-electron chi connectivity index (χ4n) is 4.83. The molecule has 4 nitrogen and oxygen atoms in total. The Morgan fingerprint density at radius 2 is 0.725 bits per heavy atom. The highest BCUT2D eigenvalue weighted by Gasteiger charge is 2.04. The standard InChI is InChI=1S/C19H38O2.C17H34O2/c1-3-5-6-7-8-9-10-11-12-13-14-15-16-17-19(20)21-18-4-2;1-4-5-6-7-8-9-10-11-12-13-14-15-17(18)19-16(2)3/h3-18H2,1-2H3;16H,4-15H2,1-3H3. The van der Waals surface area contributed by atoms with Crippen LogP contribution >= 0.6 is 0 Å². The van der Waals surface area contributed by atoms with Crippen molar-refractivity contribution in [3.05, 3.63) is 0 Å². The molecule has 0 heterocycles. The average Bonchev–Trinajstić information content (AvgIpc) is 2.93. The first-order chi connectivity index (χ1) is 19.5. The average molecular weight is 569 g/mol. The molecule has 0 aromatic carbocycles. The van der Waals surface area contributed by atoms with Crippen molar-refractivity contribution in [2.24, 2.45) is 0 Å². The predicted octanol–water partition coefficient (Wildman–Crippen LogP) is 12.1. The summed E-state index contributed by atoms with van der Waals surface area (Å²) in [4.78, 5) is 22.6. The van der Waals surface area contributed by atoms with Gasteiger partial charge in [0, 0.05) is 12.8 Å². The lowest BCUT2D eigenvalue weighted by atomic mass is 10.0. The smallest absolute Gasteiger partial charge is 0.306 e. The van der Waals surface area contributed by atoms with Gasteiger partial charge in [0.05, 0.1) is 12.7 Å². The van der Waals surface area contributed by atoms with Gasteiger partial charge in [-0.25, -0.2) is 0 Å². The van der Waals surface area contributed by atoms with E-state index in [4.69, 9.17) is 9.47 Å². The van der Waals surface area contributed by atoms with Gasteiger partial charge in [0.2, 0.25) is 0 Å². The van der Waals surface area contributed by atoms with Crippen molar-refractivity contribution in [1.82, 2.24) is 0 Å². The zero-order valence-electron chi connectivity index (χ0n) is 28.0. The molecule has 0 saturated carbocycles. The largest absolute Gasteiger partial charge is 0.466 e. The summed E-state index contributed by atoms with van der Waals surface area (Å²) in [6.45, 7) is 10.9. The molecule has 0 amide bonds. The van der Waals surface area contributed by atoms with E-state index >= 15 is 0 Å². The van der Waals surface area contributed by atoms with Crippen LogP contribution in [0.2, 0.25) is 0 Å². The first-order valence-electron chi connectivity index (χ1n) is 17.8. The summed E-state index contributed by atoms with van der Waals surface area (Å²) in [7, 11) is 0. The summed E-state index contributed by atoms with van der Waals surface area (Å²) in [6, 6.07) is 0. The third-order valence-electron chi connectivity index (χ3n) is 7.30. The van der Waals surface area contributed by atoms with Crippen LogP contribution in [0.25, 0.3) is 0 Å². The van der Waals surface area contributed by atoms with Crippen molar-refractivity contribution < 1.29 is 19.1 Å². The fraction of sp³-hybridized carbons (Fsp3) is 0.944. The number of unbranched alkanes of at least 4 members (excludes halogenated alkanes) is 22. The van der Waals surface area contributed by atoms with Gasteiger partial charge in [0.25, 0.3) is 0 Å². The Morgan fingerprint density at radius 1 is 0.425 bits per heavy atom. The Hall–Kier alpha value is -1.06. The third-order valence-corrected chi connectivity index (χ3v) is 7.30. The second kappa shape index (κ2) is 36.0. The van der Waals surface area contributed by atoms with Crippen molar-refractivity contribution >= 4 is 11.9 Å². The zero-order valence-corrected chi connectivity index (χ0v) is 28.0. The van der Waals surface area contributed by atoms with Gasteiger partial charge in [0.15, 0.2) is 0 Å². The molecule has 0 unspecified atom stereocenters. The van der Waals surface area contributed by atoms with Crippen LogP contribution in [0.4, 0.5) is 0 Å². The van der Waals surface area contributed by atoms with E-state index in [0.717, 1.165) is 19.3 Å². The normalized spacial score (nSPS) is 10.8. The van der Waals surface area contributed by atoms with Gasteiger partial charge in [-0.3, -0.25) is 9.59 Å². The van der Waals surface area contributed by atoms with Crippen LogP contribution in [-0.2, 0) is 19.1 Å². The predicted molar refractivity (Wildman–Crippen MR) is 174 cm³/mol. The molecule has 0 saturated heterocycles. The van der Waals surface area contributed by atoms with Crippen molar-refractivity contribution in [2.45, 2.75) is 214 Å². The maximum atomic E-state index is 11.3. The number of rotatable bonds is 29. The Kier molecular flexibility index (Phi) is 36.9. The van der Waals surface area contributed by atoms with Crippen LogP contribution in [0.15, 0.2) is 0 Å². The molecule has 0 aliphatic carbocycles. The minimum atomic E-state index is -0.0362. The SMILES string of the molecule is CCCCCCCCCCCCCC(=O)OC(C)C.CCCCCCCCCCCCCCCC(=O)OCCC. The summed E-state index contributed by atoms with van der Waals surface area (Å²) >= 11 is 0. The quantitative estimate of drug-likeness (QED) is 0.0665. The van der Waals surface area contributed by atoms with E-state index < -0.39 is 0 Å². The molecule has 0 rings (SSSR count). The van der Waals surface area contributed by atoms with E-state index in [1.807, 2.05) is 20.8 Å². The highest BCUT2D eigenvalue weighted by atomic mass is 16.5. The molecular formula is C36H72O4. The Bertz CT molecular complexity index is 503. The maximum Gasteiger partial charge on any atom is 0.306 e. The molecule has 0 aliphatic rings. The van der Waals surface area contributed by atoms with E-state index in [2.05, 4.69) is 13.8 Å². The van der Waals surface area contributed by atoms with Gasteiger partial charge in [-0.15, -0.1) is 0 Å². The fourth-order valence-corrected chi connectivity index (χ4v) is 4.83. The number of carbonyl (C=O) groups excluding carboxylic acids is 2. The molecule has 240 valence electrons. The highest BCUT2D eigenvalue weighted by Crippen LogP contribution is 2.14. The molecule has 0 fully saturated rings. The number of hydrogen-bond donors (Lipinski definition) is 0. The molecule has 0 aromatic rings. The number of esters is 2. The monoisotopic (exact) mass is 569 g/mol. The van der Waals surface area contributed by atoms with Gasteiger partial charge in [-0.05, 0) is 33.1 Å². The third kappa shape index (κ3) is 39.1. The summed E-state index contributed by atoms with van der Waals surface area (Å²) < 4.78 is 10.2. The van der Waals surface area contributed by atoms with Crippen LogP contribution in [0, 0.1) is 0 Å². The van der Waals surface area contributed by atoms with Crippen LogP contribution in [0.3, 0.4) is 0 Å². The van der Waals surface area contributed by atoms with Crippen molar-refractivity contribution in [3.8, 4) is 0 Å². The van der Waals surface area contributed by atoms with E-state index in [9.17, 15) is 9.59 Å². The second-order valence-corrected chi connectivity index (χ2v) is 12.0. The van der Waals surface area contributed by atoms with Gasteiger partial charge < -0.3 is 9.47 Å². The Morgan fingerprint density at radius 3 is 1.02 bits per heavy atom. The summed E-state index contributed by atoms with van der Waals surface area (Å²) in [5, 5.41) is 0. The molecule has 0 bridgehead atoms. The Balaban J connectivity index is 0. The van der Waals surface area contributed by atoms with Gasteiger partial charge in [-0.1, -0.05) is 162 Å². The van der Waals surface area contributed by atoms with Crippen LogP contribution in [-0.4, -0.2) is 24.6 Å². The Labute approximate surface area is 251 Å². The first kappa shape index (κ1) is 41.1. The van der Waals surface area contributed by atoms with Crippen LogP contribution in [0.1, 0.15) is 208 Å². The highest BCUT2D eigenvalue weighted by molar-refractivity contribution is 5.69. The molecule has 0 aromatic heterocycles. The minimum absolute atomic E-state index is 0.0140. The first-order valence-corrected chi connectivity index (χ1v) is 17.8.